The molecule has 0 bridgehead atoms. The molecule has 0 aromatic heterocycles. The van der Waals surface area contributed by atoms with Gasteiger partial charge in [0, 0.05) is 24.7 Å². The summed E-state index contributed by atoms with van der Waals surface area (Å²) in [7, 11) is 0. The zero-order valence-electron chi connectivity index (χ0n) is 15.6. The van der Waals surface area contributed by atoms with E-state index < -0.39 is 0 Å². The maximum atomic E-state index is 12.6. The van der Waals surface area contributed by atoms with Gasteiger partial charge in [0.1, 0.15) is 5.75 Å². The molecule has 1 aromatic carbocycles. The summed E-state index contributed by atoms with van der Waals surface area (Å²) in [6, 6.07) is 7.41. The Morgan fingerprint density at radius 3 is 2.50 bits per heavy atom. The first-order valence-electron chi connectivity index (χ1n) is 9.51. The largest absolute Gasteiger partial charge is 0.494 e. The van der Waals surface area contributed by atoms with Gasteiger partial charge in [-0.05, 0) is 57.4 Å². The van der Waals surface area contributed by atoms with E-state index in [1.807, 2.05) is 43.0 Å². The second-order valence-corrected chi connectivity index (χ2v) is 7.11. The van der Waals surface area contributed by atoms with Crippen molar-refractivity contribution >= 4 is 11.8 Å². The highest BCUT2D eigenvalue weighted by molar-refractivity contribution is 5.94. The van der Waals surface area contributed by atoms with E-state index in [0.29, 0.717) is 31.9 Å². The molecule has 2 heterocycles. The molecule has 0 radical (unpaired) electrons. The molecular formula is C20H28N2O4. The Balaban J connectivity index is 1.47. The number of ether oxygens (including phenoxy) is 2. The van der Waals surface area contributed by atoms with Crippen LogP contribution in [-0.4, -0.2) is 55.2 Å². The SMILES string of the molecule is CCOc1ccc(C(=O)N2CCC(NC(=O)C3COC(C)C3)CC2)cc1. The maximum Gasteiger partial charge on any atom is 0.253 e. The Labute approximate surface area is 154 Å². The Morgan fingerprint density at radius 1 is 1.23 bits per heavy atom. The maximum absolute atomic E-state index is 12.6. The van der Waals surface area contributed by atoms with Crippen LogP contribution in [0.3, 0.4) is 0 Å². The summed E-state index contributed by atoms with van der Waals surface area (Å²) in [6.07, 6.45) is 2.54. The minimum absolute atomic E-state index is 0.0338. The zero-order valence-corrected chi connectivity index (χ0v) is 15.6. The summed E-state index contributed by atoms with van der Waals surface area (Å²) in [5, 5.41) is 3.13. The van der Waals surface area contributed by atoms with Gasteiger partial charge in [0.05, 0.1) is 25.2 Å². The van der Waals surface area contributed by atoms with Crippen molar-refractivity contribution in [2.75, 3.05) is 26.3 Å². The smallest absolute Gasteiger partial charge is 0.253 e. The Morgan fingerprint density at radius 2 is 1.92 bits per heavy atom. The first kappa shape index (κ1) is 18.7. The van der Waals surface area contributed by atoms with Gasteiger partial charge in [-0.15, -0.1) is 0 Å². The average molecular weight is 360 g/mol. The van der Waals surface area contributed by atoms with Crippen LogP contribution in [0.25, 0.3) is 0 Å². The number of amides is 2. The number of hydrogen-bond donors (Lipinski definition) is 1. The number of nitrogens with zero attached hydrogens (tertiary/aromatic N) is 1. The lowest BCUT2D eigenvalue weighted by molar-refractivity contribution is -0.125. The van der Waals surface area contributed by atoms with Gasteiger partial charge in [0.25, 0.3) is 5.91 Å². The van der Waals surface area contributed by atoms with Crippen molar-refractivity contribution in [1.29, 1.82) is 0 Å². The fraction of sp³-hybridized carbons (Fsp3) is 0.600. The molecule has 6 heteroatoms. The molecule has 2 saturated heterocycles. The lowest BCUT2D eigenvalue weighted by Gasteiger charge is -2.33. The number of nitrogens with one attached hydrogen (secondary N) is 1. The van der Waals surface area contributed by atoms with Crippen LogP contribution in [-0.2, 0) is 9.53 Å². The fourth-order valence-electron chi connectivity index (χ4n) is 3.59. The number of piperidine rings is 1. The second kappa shape index (κ2) is 8.54. The molecular weight excluding hydrogens is 332 g/mol. The second-order valence-electron chi connectivity index (χ2n) is 7.11. The van der Waals surface area contributed by atoms with E-state index in [2.05, 4.69) is 5.32 Å². The number of benzene rings is 1. The van der Waals surface area contributed by atoms with Crippen LogP contribution < -0.4 is 10.1 Å². The number of hydrogen-bond acceptors (Lipinski definition) is 4. The summed E-state index contributed by atoms with van der Waals surface area (Å²) >= 11 is 0. The van der Waals surface area contributed by atoms with Crippen molar-refractivity contribution in [2.45, 2.75) is 45.3 Å². The molecule has 1 aromatic rings. The topological polar surface area (TPSA) is 67.9 Å². The van der Waals surface area contributed by atoms with E-state index in [1.54, 1.807) is 0 Å². The van der Waals surface area contributed by atoms with Gasteiger partial charge in [0.15, 0.2) is 0 Å². The predicted octanol–water partition coefficient (Wildman–Crippen LogP) is 2.23. The molecule has 1 N–H and O–H groups in total. The molecule has 3 rings (SSSR count). The van der Waals surface area contributed by atoms with Crippen molar-refractivity contribution in [3.63, 3.8) is 0 Å². The van der Waals surface area contributed by atoms with Crippen LogP contribution in [0.1, 0.15) is 43.5 Å². The molecule has 2 amide bonds. The van der Waals surface area contributed by atoms with Gasteiger partial charge in [-0.25, -0.2) is 0 Å². The van der Waals surface area contributed by atoms with Gasteiger partial charge in [-0.3, -0.25) is 9.59 Å². The molecule has 2 unspecified atom stereocenters. The lowest BCUT2D eigenvalue weighted by Crippen LogP contribution is -2.48. The first-order chi connectivity index (χ1) is 12.6. The van der Waals surface area contributed by atoms with Crippen molar-refractivity contribution in [3.8, 4) is 5.75 Å². The number of carbonyl (C=O) groups is 2. The van der Waals surface area contributed by atoms with Gasteiger partial charge in [-0.2, -0.15) is 0 Å². The highest BCUT2D eigenvalue weighted by Gasteiger charge is 2.31. The Hall–Kier alpha value is -2.08. The molecule has 0 saturated carbocycles. The first-order valence-corrected chi connectivity index (χ1v) is 9.51. The summed E-state index contributed by atoms with van der Waals surface area (Å²) in [5.41, 5.74) is 0.674. The van der Waals surface area contributed by atoms with E-state index in [-0.39, 0.29) is 29.9 Å². The minimum Gasteiger partial charge on any atom is -0.494 e. The van der Waals surface area contributed by atoms with Crippen molar-refractivity contribution in [1.82, 2.24) is 10.2 Å². The molecule has 2 fully saturated rings. The standard InChI is InChI=1S/C20H28N2O4/c1-3-25-18-6-4-15(5-7-18)20(24)22-10-8-17(9-11-22)21-19(23)16-12-14(2)26-13-16/h4-7,14,16-17H,3,8-13H2,1-2H3,(H,21,23). The van der Waals surface area contributed by atoms with E-state index in [0.717, 1.165) is 25.0 Å². The molecule has 26 heavy (non-hydrogen) atoms. The average Bonchev–Trinajstić information content (AvgIpc) is 3.09. The van der Waals surface area contributed by atoms with Crippen LogP contribution in [0.15, 0.2) is 24.3 Å². The minimum atomic E-state index is -0.0338. The molecule has 2 aliphatic rings. The number of rotatable bonds is 5. The normalized spacial score (nSPS) is 23.7. The third-order valence-corrected chi connectivity index (χ3v) is 5.11. The van der Waals surface area contributed by atoms with Gasteiger partial charge >= 0.3 is 0 Å². The van der Waals surface area contributed by atoms with E-state index in [1.165, 1.54) is 0 Å². The summed E-state index contributed by atoms with van der Waals surface area (Å²) in [6.45, 7) is 6.38. The van der Waals surface area contributed by atoms with Crippen LogP contribution in [0.5, 0.6) is 5.75 Å². The van der Waals surface area contributed by atoms with Crippen molar-refractivity contribution in [2.24, 2.45) is 5.92 Å². The van der Waals surface area contributed by atoms with E-state index in [9.17, 15) is 9.59 Å². The molecule has 142 valence electrons. The van der Waals surface area contributed by atoms with Crippen LogP contribution in [0.4, 0.5) is 0 Å². The Bertz CT molecular complexity index is 623. The quantitative estimate of drug-likeness (QED) is 0.874. The number of likely N-dealkylation sites (tertiary alicyclic amines) is 1. The van der Waals surface area contributed by atoms with E-state index in [4.69, 9.17) is 9.47 Å². The summed E-state index contributed by atoms with van der Waals surface area (Å²) < 4.78 is 10.9. The summed E-state index contributed by atoms with van der Waals surface area (Å²) in [4.78, 5) is 26.8. The van der Waals surface area contributed by atoms with Gasteiger partial charge in [0.2, 0.25) is 5.91 Å². The number of carbonyl (C=O) groups excluding carboxylic acids is 2. The molecule has 6 nitrogen and oxygen atoms in total. The molecule has 2 atom stereocenters. The van der Waals surface area contributed by atoms with Crippen molar-refractivity contribution in [3.05, 3.63) is 29.8 Å². The lowest BCUT2D eigenvalue weighted by atomic mass is 10.0. The summed E-state index contributed by atoms with van der Waals surface area (Å²) in [5.74, 6) is 0.866. The Kier molecular flexibility index (Phi) is 6.14. The van der Waals surface area contributed by atoms with E-state index >= 15 is 0 Å². The molecule has 0 spiro atoms. The highest BCUT2D eigenvalue weighted by atomic mass is 16.5. The fourth-order valence-corrected chi connectivity index (χ4v) is 3.59. The van der Waals surface area contributed by atoms with Gasteiger partial charge < -0.3 is 19.7 Å². The van der Waals surface area contributed by atoms with Crippen molar-refractivity contribution < 1.29 is 19.1 Å². The van der Waals surface area contributed by atoms with Crippen LogP contribution in [0, 0.1) is 5.92 Å². The van der Waals surface area contributed by atoms with Crippen LogP contribution >= 0.6 is 0 Å². The zero-order chi connectivity index (χ0) is 18.5. The third kappa shape index (κ3) is 4.55. The monoisotopic (exact) mass is 360 g/mol. The molecule has 0 aliphatic carbocycles. The predicted molar refractivity (Wildman–Crippen MR) is 98.2 cm³/mol. The third-order valence-electron chi connectivity index (χ3n) is 5.11. The molecule has 2 aliphatic heterocycles. The highest BCUT2D eigenvalue weighted by Crippen LogP contribution is 2.21. The van der Waals surface area contributed by atoms with Crippen LogP contribution in [0.2, 0.25) is 0 Å². The van der Waals surface area contributed by atoms with Gasteiger partial charge in [-0.1, -0.05) is 0 Å².